The van der Waals surface area contributed by atoms with Gasteiger partial charge in [-0.1, -0.05) is 6.07 Å². The van der Waals surface area contributed by atoms with Crippen LogP contribution >= 0.6 is 0 Å². The van der Waals surface area contributed by atoms with Gasteiger partial charge in [-0.15, -0.1) is 0 Å². The Balaban J connectivity index is 1.86. The van der Waals surface area contributed by atoms with Crippen LogP contribution in [0.25, 0.3) is 0 Å². The molecule has 0 atom stereocenters. The molecule has 0 aliphatic carbocycles. The van der Waals surface area contributed by atoms with Gasteiger partial charge in [0.25, 0.3) is 0 Å². The molecule has 3 rings (SSSR count). The summed E-state index contributed by atoms with van der Waals surface area (Å²) in [5.41, 5.74) is 0.519. The number of anilines is 1. The van der Waals surface area contributed by atoms with E-state index in [1.165, 1.54) is 12.5 Å². The van der Waals surface area contributed by atoms with Gasteiger partial charge >= 0.3 is 11.6 Å². The third-order valence-electron chi connectivity index (χ3n) is 3.00. The van der Waals surface area contributed by atoms with Gasteiger partial charge in [-0.3, -0.25) is 20.1 Å². The van der Waals surface area contributed by atoms with Crippen molar-refractivity contribution in [1.82, 2.24) is 19.9 Å². The third kappa shape index (κ3) is 3.58. The van der Waals surface area contributed by atoms with Crippen LogP contribution in [0, 0.1) is 10.1 Å². The van der Waals surface area contributed by atoms with Gasteiger partial charge in [0.1, 0.15) is 12.1 Å². The van der Waals surface area contributed by atoms with Gasteiger partial charge in [0, 0.05) is 25.1 Å². The molecule has 24 heavy (non-hydrogen) atoms. The summed E-state index contributed by atoms with van der Waals surface area (Å²) in [7, 11) is 0. The average molecular weight is 324 g/mol. The van der Waals surface area contributed by atoms with Crippen LogP contribution in [0.5, 0.6) is 11.6 Å². The largest absolute Gasteiger partial charge is 0.432 e. The Morgan fingerprint density at radius 3 is 2.58 bits per heavy atom. The maximum atomic E-state index is 11.4. The molecule has 0 saturated carbocycles. The first kappa shape index (κ1) is 15.3. The van der Waals surface area contributed by atoms with Crippen molar-refractivity contribution < 1.29 is 9.66 Å². The number of hydrogen-bond acceptors (Lipinski definition) is 8. The van der Waals surface area contributed by atoms with Crippen molar-refractivity contribution in [3.05, 3.63) is 71.1 Å². The lowest BCUT2D eigenvalue weighted by molar-refractivity contribution is -0.385. The number of aromatic nitrogens is 4. The Bertz CT molecular complexity index is 829. The summed E-state index contributed by atoms with van der Waals surface area (Å²) in [6, 6.07) is 6.91. The second-order valence-electron chi connectivity index (χ2n) is 4.64. The molecular weight excluding hydrogens is 312 g/mol. The molecule has 3 aromatic heterocycles. The minimum Gasteiger partial charge on any atom is -0.432 e. The van der Waals surface area contributed by atoms with E-state index in [0.29, 0.717) is 12.3 Å². The quantitative estimate of drug-likeness (QED) is 0.543. The Morgan fingerprint density at radius 2 is 1.92 bits per heavy atom. The van der Waals surface area contributed by atoms with E-state index >= 15 is 0 Å². The lowest BCUT2D eigenvalue weighted by atomic mass is 10.3. The average Bonchev–Trinajstić information content (AvgIpc) is 2.61. The van der Waals surface area contributed by atoms with Crippen LogP contribution < -0.4 is 10.1 Å². The Labute approximate surface area is 136 Å². The summed E-state index contributed by atoms with van der Waals surface area (Å²) < 4.78 is 5.46. The van der Waals surface area contributed by atoms with Crippen molar-refractivity contribution in [2.24, 2.45) is 0 Å². The summed E-state index contributed by atoms with van der Waals surface area (Å²) >= 11 is 0. The van der Waals surface area contributed by atoms with Crippen LogP contribution in [0.1, 0.15) is 5.56 Å². The van der Waals surface area contributed by atoms with E-state index in [4.69, 9.17) is 4.74 Å². The van der Waals surface area contributed by atoms with E-state index < -0.39 is 4.92 Å². The first-order valence-corrected chi connectivity index (χ1v) is 6.94. The molecule has 1 N–H and O–H groups in total. The molecule has 0 bridgehead atoms. The molecule has 9 nitrogen and oxygen atoms in total. The fourth-order valence-electron chi connectivity index (χ4n) is 1.94. The van der Waals surface area contributed by atoms with Gasteiger partial charge in [-0.2, -0.15) is 4.98 Å². The van der Waals surface area contributed by atoms with Gasteiger partial charge in [0.15, 0.2) is 0 Å². The number of pyridine rings is 2. The van der Waals surface area contributed by atoms with Gasteiger partial charge in [0.05, 0.1) is 11.1 Å². The zero-order valence-corrected chi connectivity index (χ0v) is 12.4. The second-order valence-corrected chi connectivity index (χ2v) is 4.64. The van der Waals surface area contributed by atoms with Crippen molar-refractivity contribution in [1.29, 1.82) is 0 Å². The molecule has 0 radical (unpaired) electrons. The summed E-state index contributed by atoms with van der Waals surface area (Å²) in [5, 5.41) is 14.3. The molecule has 0 aromatic carbocycles. The highest BCUT2D eigenvalue weighted by Gasteiger charge is 2.25. The van der Waals surface area contributed by atoms with Crippen molar-refractivity contribution in [2.75, 3.05) is 5.32 Å². The van der Waals surface area contributed by atoms with E-state index in [9.17, 15) is 10.1 Å². The number of nitrogens with one attached hydrogen (secondary N) is 1. The Hall–Kier alpha value is -3.62. The lowest BCUT2D eigenvalue weighted by Crippen LogP contribution is -2.07. The molecule has 0 aliphatic heterocycles. The molecule has 0 aliphatic rings. The zero-order chi connectivity index (χ0) is 16.8. The second kappa shape index (κ2) is 7.09. The fraction of sp³-hybridized carbons (Fsp3) is 0.0667. The predicted molar refractivity (Wildman–Crippen MR) is 84.6 cm³/mol. The molecule has 0 saturated heterocycles. The first-order valence-electron chi connectivity index (χ1n) is 6.94. The molecule has 120 valence electrons. The molecule has 0 spiro atoms. The molecule has 0 unspecified atom stereocenters. The first-order chi connectivity index (χ1) is 11.7. The van der Waals surface area contributed by atoms with Crippen LogP contribution in [0.15, 0.2) is 55.4 Å². The zero-order valence-electron chi connectivity index (χ0n) is 12.4. The molecular formula is C15H12N6O3. The van der Waals surface area contributed by atoms with E-state index in [1.54, 1.807) is 36.8 Å². The molecule has 3 aromatic rings. The Morgan fingerprint density at radius 1 is 1.12 bits per heavy atom. The van der Waals surface area contributed by atoms with E-state index in [-0.39, 0.29) is 17.4 Å². The number of hydrogen-bond donors (Lipinski definition) is 1. The summed E-state index contributed by atoms with van der Waals surface area (Å²) in [5.74, 6) is 0.256. The van der Waals surface area contributed by atoms with Crippen molar-refractivity contribution in [3.8, 4) is 11.6 Å². The van der Waals surface area contributed by atoms with Crippen molar-refractivity contribution in [3.63, 3.8) is 0 Å². The summed E-state index contributed by atoms with van der Waals surface area (Å²) in [6.07, 6.45) is 7.52. The highest BCUT2D eigenvalue weighted by molar-refractivity contribution is 5.61. The van der Waals surface area contributed by atoms with E-state index in [2.05, 4.69) is 25.3 Å². The minimum absolute atomic E-state index is 0.0674. The number of nitro groups is 1. The van der Waals surface area contributed by atoms with Crippen molar-refractivity contribution >= 4 is 11.5 Å². The van der Waals surface area contributed by atoms with Crippen LogP contribution in [0.2, 0.25) is 0 Å². The van der Waals surface area contributed by atoms with Crippen LogP contribution in [-0.2, 0) is 6.54 Å². The van der Waals surface area contributed by atoms with Gasteiger partial charge in [-0.25, -0.2) is 4.98 Å². The highest BCUT2D eigenvalue weighted by atomic mass is 16.6. The SMILES string of the molecule is O=[N+]([O-])c1c(NCc2cccnc2)ncnc1Oc1cccnc1. The van der Waals surface area contributed by atoms with Crippen LogP contribution in [0.4, 0.5) is 11.5 Å². The minimum atomic E-state index is -0.586. The lowest BCUT2D eigenvalue weighted by Gasteiger charge is -2.09. The monoisotopic (exact) mass is 324 g/mol. The third-order valence-corrected chi connectivity index (χ3v) is 3.00. The fourth-order valence-corrected chi connectivity index (χ4v) is 1.94. The maximum Gasteiger partial charge on any atom is 0.373 e. The summed E-state index contributed by atoms with van der Waals surface area (Å²) in [4.78, 5) is 26.5. The van der Waals surface area contributed by atoms with Gasteiger partial charge in [-0.05, 0) is 23.8 Å². The number of nitrogens with zero attached hydrogens (tertiary/aromatic N) is 5. The van der Waals surface area contributed by atoms with Crippen LogP contribution in [0.3, 0.4) is 0 Å². The van der Waals surface area contributed by atoms with E-state index in [1.807, 2.05) is 6.07 Å². The van der Waals surface area contributed by atoms with Crippen molar-refractivity contribution in [2.45, 2.75) is 6.54 Å². The smallest absolute Gasteiger partial charge is 0.373 e. The molecule has 9 heteroatoms. The topological polar surface area (TPSA) is 116 Å². The number of ether oxygens (including phenoxy) is 1. The summed E-state index contributed by atoms with van der Waals surface area (Å²) in [6.45, 7) is 0.331. The Kier molecular flexibility index (Phi) is 4.52. The number of rotatable bonds is 6. The van der Waals surface area contributed by atoms with Gasteiger partial charge in [0.2, 0.25) is 5.82 Å². The molecule has 0 fully saturated rings. The maximum absolute atomic E-state index is 11.4. The van der Waals surface area contributed by atoms with Gasteiger partial charge < -0.3 is 10.1 Å². The molecule has 3 heterocycles. The predicted octanol–water partition coefficient (Wildman–Crippen LogP) is 2.58. The van der Waals surface area contributed by atoms with E-state index in [0.717, 1.165) is 5.56 Å². The normalized spacial score (nSPS) is 10.2. The highest BCUT2D eigenvalue weighted by Crippen LogP contribution is 2.33. The standard InChI is InChI=1S/C15H12N6O3/c22-21(23)13-14(18-8-11-3-1-5-16-7-11)19-10-20-15(13)24-12-4-2-6-17-9-12/h1-7,9-10H,8H2,(H,18,19,20). The van der Waals surface area contributed by atoms with Crippen LogP contribution in [-0.4, -0.2) is 24.9 Å². The molecule has 0 amide bonds.